The number of carbonyl (C=O) groups is 1. The fraction of sp³-hybridized carbons (Fsp3) is 0. The van der Waals surface area contributed by atoms with Crippen molar-refractivity contribution < 1.29 is 14.0 Å². The normalized spacial score (nSPS) is 9.69. The van der Waals surface area contributed by atoms with E-state index in [0.717, 1.165) is 12.1 Å². The van der Waals surface area contributed by atoms with E-state index in [-0.39, 0.29) is 16.9 Å². The number of halogens is 1. The Labute approximate surface area is 73.2 Å². The molecule has 0 heterocycles. The number of anilines is 2. The molecule has 6 heteroatoms. The predicted octanol–water partition coefficient (Wildman–Crippen LogP) is 0.0206. The van der Waals surface area contributed by atoms with E-state index in [1.165, 1.54) is 0 Å². The summed E-state index contributed by atoms with van der Waals surface area (Å²) in [6, 6.07) is 2.00. The highest BCUT2D eigenvalue weighted by molar-refractivity contribution is 5.91. The molecule has 1 aromatic rings. The summed E-state index contributed by atoms with van der Waals surface area (Å²) in [4.78, 5) is 14.7. The van der Waals surface area contributed by atoms with Crippen LogP contribution in [-0.4, -0.2) is 5.97 Å². The summed E-state index contributed by atoms with van der Waals surface area (Å²) in [5.74, 6) is 2.76. The van der Waals surface area contributed by atoms with E-state index in [1.807, 2.05) is 0 Å². The highest BCUT2D eigenvalue weighted by atomic mass is 19.1. The van der Waals surface area contributed by atoms with E-state index < -0.39 is 11.8 Å². The maximum Gasteiger partial charge on any atom is 0.359 e. The maximum absolute atomic E-state index is 13.0. The topological polar surface area (TPSA) is 104 Å². The Kier molecular flexibility index (Phi) is 2.34. The molecule has 1 aromatic carbocycles. The lowest BCUT2D eigenvalue weighted by Gasteiger charge is -2.04. The molecule has 0 amide bonds. The molecule has 0 fully saturated rings. The molecule has 70 valence electrons. The van der Waals surface area contributed by atoms with Gasteiger partial charge in [0.15, 0.2) is 0 Å². The van der Waals surface area contributed by atoms with Crippen molar-refractivity contribution in [2.75, 3.05) is 11.5 Å². The molecule has 6 N–H and O–H groups in total. The molecule has 0 aliphatic heterocycles. The van der Waals surface area contributed by atoms with E-state index in [4.69, 9.17) is 11.5 Å². The van der Waals surface area contributed by atoms with Crippen LogP contribution in [0.1, 0.15) is 10.4 Å². The third kappa shape index (κ3) is 1.67. The van der Waals surface area contributed by atoms with Gasteiger partial charge in [0, 0.05) is 0 Å². The fourth-order valence-corrected chi connectivity index (χ4v) is 0.825. The Balaban J connectivity index is 3.23. The molecule has 0 unspecified atom stereocenters. The van der Waals surface area contributed by atoms with E-state index in [0.29, 0.717) is 0 Å². The van der Waals surface area contributed by atoms with Crippen molar-refractivity contribution in [2.24, 2.45) is 5.90 Å². The summed E-state index contributed by atoms with van der Waals surface area (Å²) in [6.07, 6.45) is 0. The fourth-order valence-electron chi connectivity index (χ4n) is 0.825. The van der Waals surface area contributed by atoms with Gasteiger partial charge in [0.05, 0.1) is 16.9 Å². The zero-order valence-electron chi connectivity index (χ0n) is 6.58. The first-order valence-corrected chi connectivity index (χ1v) is 3.31. The smallest absolute Gasteiger partial charge is 0.359 e. The number of nitrogens with two attached hydrogens (primary N) is 3. The molecule has 0 radical (unpaired) electrons. The van der Waals surface area contributed by atoms with Crippen molar-refractivity contribution in [3.05, 3.63) is 23.5 Å². The van der Waals surface area contributed by atoms with Crippen LogP contribution >= 0.6 is 0 Å². The Hall–Kier alpha value is -1.82. The van der Waals surface area contributed by atoms with Gasteiger partial charge in [-0.05, 0) is 12.1 Å². The summed E-state index contributed by atoms with van der Waals surface area (Å²) in [6.45, 7) is 0. The average Bonchev–Trinajstić information content (AvgIpc) is 2.10. The molecular weight excluding hydrogens is 177 g/mol. The molecule has 5 nitrogen and oxygen atoms in total. The second-order valence-corrected chi connectivity index (χ2v) is 2.37. The van der Waals surface area contributed by atoms with Crippen molar-refractivity contribution >= 4 is 17.3 Å². The van der Waals surface area contributed by atoms with Crippen LogP contribution in [0.4, 0.5) is 15.8 Å². The summed E-state index contributed by atoms with van der Waals surface area (Å²) in [5.41, 5.74) is 10.4. The van der Waals surface area contributed by atoms with Gasteiger partial charge in [0.2, 0.25) is 0 Å². The van der Waals surface area contributed by atoms with Gasteiger partial charge in [0.25, 0.3) is 0 Å². The number of hydrogen-bond donors (Lipinski definition) is 3. The first-order chi connectivity index (χ1) is 6.06. The number of nitrogen functional groups attached to an aromatic ring is 2. The molecule has 0 atom stereocenters. The van der Waals surface area contributed by atoms with Crippen LogP contribution in [0, 0.1) is 5.82 Å². The SMILES string of the molecule is NOC(=O)c1cc(N)c(N)cc1F. The second kappa shape index (κ2) is 3.28. The summed E-state index contributed by atoms with van der Waals surface area (Å²) in [7, 11) is 0. The molecule has 0 spiro atoms. The van der Waals surface area contributed by atoms with Gasteiger partial charge in [-0.3, -0.25) is 0 Å². The molecule has 0 aliphatic carbocycles. The monoisotopic (exact) mass is 185 g/mol. The molecule has 0 saturated carbocycles. The lowest BCUT2D eigenvalue weighted by atomic mass is 10.1. The Morgan fingerprint density at radius 3 is 2.38 bits per heavy atom. The van der Waals surface area contributed by atoms with E-state index in [2.05, 4.69) is 10.7 Å². The van der Waals surface area contributed by atoms with E-state index >= 15 is 0 Å². The average molecular weight is 185 g/mol. The van der Waals surface area contributed by atoms with Crippen LogP contribution < -0.4 is 17.4 Å². The van der Waals surface area contributed by atoms with Gasteiger partial charge in [0.1, 0.15) is 5.82 Å². The quantitative estimate of drug-likeness (QED) is 0.422. The lowest BCUT2D eigenvalue weighted by Crippen LogP contribution is -2.13. The molecule has 0 saturated heterocycles. The lowest BCUT2D eigenvalue weighted by molar-refractivity contribution is 0.0498. The molecular formula is C7H8FN3O2. The van der Waals surface area contributed by atoms with Crippen molar-refractivity contribution in [2.45, 2.75) is 0 Å². The largest absolute Gasteiger partial charge is 0.397 e. The highest BCUT2D eigenvalue weighted by Gasteiger charge is 2.14. The van der Waals surface area contributed by atoms with Crippen molar-refractivity contribution in [1.82, 2.24) is 0 Å². The first kappa shape index (κ1) is 9.27. The van der Waals surface area contributed by atoms with E-state index in [9.17, 15) is 9.18 Å². The maximum atomic E-state index is 13.0. The first-order valence-electron chi connectivity index (χ1n) is 3.31. The third-order valence-corrected chi connectivity index (χ3v) is 1.50. The number of carbonyl (C=O) groups excluding carboxylic acids is 1. The zero-order valence-corrected chi connectivity index (χ0v) is 6.58. The molecule has 0 bridgehead atoms. The summed E-state index contributed by atoms with van der Waals surface area (Å²) >= 11 is 0. The zero-order chi connectivity index (χ0) is 10.0. The minimum atomic E-state index is -0.996. The second-order valence-electron chi connectivity index (χ2n) is 2.37. The van der Waals surface area contributed by atoms with Crippen LogP contribution in [0.3, 0.4) is 0 Å². The van der Waals surface area contributed by atoms with Gasteiger partial charge in [-0.15, -0.1) is 0 Å². The van der Waals surface area contributed by atoms with Crippen LogP contribution in [0.25, 0.3) is 0 Å². The van der Waals surface area contributed by atoms with Crippen LogP contribution in [0.2, 0.25) is 0 Å². The van der Waals surface area contributed by atoms with Gasteiger partial charge in [-0.1, -0.05) is 0 Å². The summed E-state index contributed by atoms with van der Waals surface area (Å²) < 4.78 is 13.0. The summed E-state index contributed by atoms with van der Waals surface area (Å²) in [5, 5.41) is 0. The van der Waals surface area contributed by atoms with Gasteiger partial charge in [-0.2, -0.15) is 5.90 Å². The van der Waals surface area contributed by atoms with Crippen LogP contribution in [-0.2, 0) is 4.84 Å². The Bertz CT molecular complexity index is 354. The number of rotatable bonds is 1. The van der Waals surface area contributed by atoms with Crippen molar-refractivity contribution in [3.63, 3.8) is 0 Å². The van der Waals surface area contributed by atoms with Crippen LogP contribution in [0.15, 0.2) is 12.1 Å². The molecule has 1 rings (SSSR count). The number of benzene rings is 1. The third-order valence-electron chi connectivity index (χ3n) is 1.50. The van der Waals surface area contributed by atoms with Gasteiger partial charge >= 0.3 is 5.97 Å². The molecule has 0 aliphatic rings. The Morgan fingerprint density at radius 2 is 1.85 bits per heavy atom. The van der Waals surface area contributed by atoms with Crippen LogP contribution in [0.5, 0.6) is 0 Å². The predicted molar refractivity (Wildman–Crippen MR) is 44.8 cm³/mol. The standard InChI is InChI=1S/C7H8FN3O2/c8-4-2-6(10)5(9)1-3(4)7(12)13-11/h1-2H,9-11H2. The molecule has 13 heavy (non-hydrogen) atoms. The Morgan fingerprint density at radius 1 is 1.31 bits per heavy atom. The number of hydrogen-bond acceptors (Lipinski definition) is 5. The van der Waals surface area contributed by atoms with Crippen molar-refractivity contribution in [3.8, 4) is 0 Å². The van der Waals surface area contributed by atoms with Crippen molar-refractivity contribution in [1.29, 1.82) is 0 Å². The van der Waals surface area contributed by atoms with Gasteiger partial charge < -0.3 is 16.3 Å². The highest BCUT2D eigenvalue weighted by Crippen LogP contribution is 2.20. The minimum absolute atomic E-state index is 0.0612. The van der Waals surface area contributed by atoms with Gasteiger partial charge in [-0.25, -0.2) is 9.18 Å². The molecule has 0 aromatic heterocycles. The minimum Gasteiger partial charge on any atom is -0.397 e. The van der Waals surface area contributed by atoms with E-state index in [1.54, 1.807) is 0 Å².